The fourth-order valence-corrected chi connectivity index (χ4v) is 1.40. The molecule has 0 heterocycles. The van der Waals surface area contributed by atoms with Gasteiger partial charge in [-0.3, -0.25) is 4.79 Å². The topological polar surface area (TPSA) is 73.6 Å². The molecule has 100 valence electrons. The number of amides is 1. The van der Waals surface area contributed by atoms with E-state index in [1.165, 1.54) is 0 Å². The van der Waals surface area contributed by atoms with Crippen molar-refractivity contribution in [2.45, 2.75) is 19.4 Å². The Kier molecular flexibility index (Phi) is 6.00. The predicted octanol–water partition coefficient (Wildman–Crippen LogP) is 0.928. The summed E-state index contributed by atoms with van der Waals surface area (Å²) < 4.78 is 10.6. The first kappa shape index (κ1) is 14.3. The summed E-state index contributed by atoms with van der Waals surface area (Å²) in [6.45, 7) is 2.60. The molecule has 18 heavy (non-hydrogen) atoms. The highest BCUT2D eigenvalue weighted by Gasteiger charge is 2.07. The van der Waals surface area contributed by atoms with Gasteiger partial charge in [-0.15, -0.1) is 0 Å². The Morgan fingerprint density at radius 3 is 2.67 bits per heavy atom. The zero-order valence-corrected chi connectivity index (χ0v) is 10.8. The quantitative estimate of drug-likeness (QED) is 0.757. The third-order valence-electron chi connectivity index (χ3n) is 2.42. The number of hydrogen-bond donors (Lipinski definition) is 2. The lowest BCUT2D eigenvalue weighted by Gasteiger charge is -2.12. The van der Waals surface area contributed by atoms with Gasteiger partial charge in [0.05, 0.1) is 20.1 Å². The smallest absolute Gasteiger partial charge is 0.223 e. The number of benzene rings is 1. The van der Waals surface area contributed by atoms with Crippen LogP contribution in [0, 0.1) is 0 Å². The van der Waals surface area contributed by atoms with E-state index in [9.17, 15) is 4.79 Å². The molecule has 3 N–H and O–H groups in total. The van der Waals surface area contributed by atoms with E-state index in [0.29, 0.717) is 31.1 Å². The van der Waals surface area contributed by atoms with Crippen molar-refractivity contribution >= 4 is 5.91 Å². The van der Waals surface area contributed by atoms with E-state index in [1.54, 1.807) is 13.2 Å². The van der Waals surface area contributed by atoms with Crippen LogP contribution in [0.2, 0.25) is 0 Å². The van der Waals surface area contributed by atoms with Gasteiger partial charge in [-0.1, -0.05) is 12.1 Å². The summed E-state index contributed by atoms with van der Waals surface area (Å²) >= 11 is 0. The highest BCUT2D eigenvalue weighted by molar-refractivity contribution is 5.76. The Morgan fingerprint density at radius 1 is 1.39 bits per heavy atom. The molecule has 0 aromatic heterocycles. The number of carbonyl (C=O) groups is 1. The molecule has 1 amide bonds. The average molecular weight is 252 g/mol. The number of methoxy groups -OCH3 is 1. The van der Waals surface area contributed by atoms with Gasteiger partial charge < -0.3 is 20.5 Å². The highest BCUT2D eigenvalue weighted by atomic mass is 16.5. The standard InChI is InChI=1S/C13H20N2O3/c1-10(9-14)15-13(16)7-8-18-12-6-4-3-5-11(12)17-2/h3-6,10H,7-9,14H2,1-2H3,(H,15,16). The zero-order chi connectivity index (χ0) is 13.4. The molecule has 1 atom stereocenters. The van der Waals surface area contributed by atoms with Crippen molar-refractivity contribution in [3.05, 3.63) is 24.3 Å². The molecule has 5 heteroatoms. The molecule has 0 aliphatic rings. The lowest BCUT2D eigenvalue weighted by atomic mass is 10.3. The summed E-state index contributed by atoms with van der Waals surface area (Å²) in [6.07, 6.45) is 0.294. The molecule has 1 rings (SSSR count). The summed E-state index contributed by atoms with van der Waals surface area (Å²) in [4.78, 5) is 11.5. The summed E-state index contributed by atoms with van der Waals surface area (Å²) in [7, 11) is 1.58. The molecule has 0 saturated carbocycles. The maximum Gasteiger partial charge on any atom is 0.223 e. The molecule has 1 aromatic rings. The minimum atomic E-state index is -0.0668. The number of carbonyl (C=O) groups excluding carboxylic acids is 1. The highest BCUT2D eigenvalue weighted by Crippen LogP contribution is 2.25. The first-order chi connectivity index (χ1) is 8.67. The van der Waals surface area contributed by atoms with Crippen molar-refractivity contribution < 1.29 is 14.3 Å². The second kappa shape index (κ2) is 7.55. The Labute approximate surface area is 107 Å². The van der Waals surface area contributed by atoms with Gasteiger partial charge in [-0.2, -0.15) is 0 Å². The van der Waals surface area contributed by atoms with Crippen LogP contribution in [0.5, 0.6) is 11.5 Å². The molecule has 1 aromatic carbocycles. The van der Waals surface area contributed by atoms with Crippen molar-refractivity contribution in [2.24, 2.45) is 5.73 Å². The van der Waals surface area contributed by atoms with Gasteiger partial charge in [0, 0.05) is 12.6 Å². The van der Waals surface area contributed by atoms with Gasteiger partial charge in [0.1, 0.15) is 0 Å². The first-order valence-electron chi connectivity index (χ1n) is 5.92. The molecule has 0 aliphatic heterocycles. The lowest BCUT2D eigenvalue weighted by molar-refractivity contribution is -0.122. The summed E-state index contributed by atoms with van der Waals surface area (Å²) in [5.74, 6) is 1.23. The van der Waals surface area contributed by atoms with Crippen LogP contribution in [0.3, 0.4) is 0 Å². The van der Waals surface area contributed by atoms with Crippen molar-refractivity contribution in [1.29, 1.82) is 0 Å². The molecule has 0 spiro atoms. The number of nitrogens with two attached hydrogens (primary N) is 1. The normalized spacial score (nSPS) is 11.7. The fourth-order valence-electron chi connectivity index (χ4n) is 1.40. The molecule has 0 saturated heterocycles. The van der Waals surface area contributed by atoms with Crippen molar-refractivity contribution in [3.8, 4) is 11.5 Å². The summed E-state index contributed by atoms with van der Waals surface area (Å²) in [6, 6.07) is 7.32. The molecular formula is C13H20N2O3. The predicted molar refractivity (Wildman–Crippen MR) is 69.8 cm³/mol. The van der Waals surface area contributed by atoms with Crippen LogP contribution >= 0.6 is 0 Å². The third-order valence-corrected chi connectivity index (χ3v) is 2.42. The molecule has 0 aliphatic carbocycles. The molecule has 1 unspecified atom stereocenters. The van der Waals surface area contributed by atoms with E-state index in [4.69, 9.17) is 15.2 Å². The van der Waals surface area contributed by atoms with Crippen LogP contribution in [0.15, 0.2) is 24.3 Å². The van der Waals surface area contributed by atoms with Crippen LogP contribution in [0.4, 0.5) is 0 Å². The molecule has 5 nitrogen and oxygen atoms in total. The zero-order valence-electron chi connectivity index (χ0n) is 10.8. The van der Waals surface area contributed by atoms with Gasteiger partial charge in [0.2, 0.25) is 5.91 Å². The van der Waals surface area contributed by atoms with Gasteiger partial charge in [0.25, 0.3) is 0 Å². The van der Waals surface area contributed by atoms with Crippen LogP contribution in [0.25, 0.3) is 0 Å². The number of para-hydroxylation sites is 2. The molecule has 0 radical (unpaired) electrons. The number of nitrogens with one attached hydrogen (secondary N) is 1. The summed E-state index contributed by atoms with van der Waals surface area (Å²) in [5, 5.41) is 2.77. The monoisotopic (exact) mass is 252 g/mol. The average Bonchev–Trinajstić information content (AvgIpc) is 2.39. The fraction of sp³-hybridized carbons (Fsp3) is 0.462. The van der Waals surface area contributed by atoms with Crippen LogP contribution < -0.4 is 20.5 Å². The largest absolute Gasteiger partial charge is 0.493 e. The maximum atomic E-state index is 11.5. The first-order valence-corrected chi connectivity index (χ1v) is 5.92. The molecule has 0 fully saturated rings. The second-order valence-corrected chi connectivity index (χ2v) is 3.95. The van der Waals surface area contributed by atoms with E-state index in [1.807, 2.05) is 25.1 Å². The van der Waals surface area contributed by atoms with Crippen molar-refractivity contribution in [1.82, 2.24) is 5.32 Å². The maximum absolute atomic E-state index is 11.5. The van der Waals surface area contributed by atoms with Crippen molar-refractivity contribution in [3.63, 3.8) is 0 Å². The Hall–Kier alpha value is -1.75. The minimum absolute atomic E-state index is 0.0104. The Morgan fingerprint density at radius 2 is 2.06 bits per heavy atom. The molecular weight excluding hydrogens is 232 g/mol. The Balaban J connectivity index is 2.35. The van der Waals surface area contributed by atoms with Gasteiger partial charge in [0.15, 0.2) is 11.5 Å². The Bertz CT molecular complexity index is 382. The van der Waals surface area contributed by atoms with Gasteiger partial charge >= 0.3 is 0 Å². The van der Waals surface area contributed by atoms with Crippen molar-refractivity contribution in [2.75, 3.05) is 20.3 Å². The third kappa shape index (κ3) is 4.63. The number of rotatable bonds is 7. The van der Waals surface area contributed by atoms with E-state index in [2.05, 4.69) is 5.32 Å². The van der Waals surface area contributed by atoms with Crippen LogP contribution in [-0.4, -0.2) is 32.2 Å². The van der Waals surface area contributed by atoms with E-state index in [-0.39, 0.29) is 11.9 Å². The minimum Gasteiger partial charge on any atom is -0.493 e. The SMILES string of the molecule is COc1ccccc1OCCC(=O)NC(C)CN. The second-order valence-electron chi connectivity index (χ2n) is 3.95. The van der Waals surface area contributed by atoms with Gasteiger partial charge in [-0.25, -0.2) is 0 Å². The van der Waals surface area contributed by atoms with E-state index >= 15 is 0 Å². The van der Waals surface area contributed by atoms with E-state index in [0.717, 1.165) is 0 Å². The van der Waals surface area contributed by atoms with Crippen LogP contribution in [0.1, 0.15) is 13.3 Å². The van der Waals surface area contributed by atoms with Gasteiger partial charge in [-0.05, 0) is 19.1 Å². The number of ether oxygens (including phenoxy) is 2. The molecule has 0 bridgehead atoms. The lowest BCUT2D eigenvalue weighted by Crippen LogP contribution is -2.38. The van der Waals surface area contributed by atoms with E-state index < -0.39 is 0 Å². The number of hydrogen-bond acceptors (Lipinski definition) is 4. The van der Waals surface area contributed by atoms with Crippen LogP contribution in [-0.2, 0) is 4.79 Å². The summed E-state index contributed by atoms with van der Waals surface area (Å²) in [5.41, 5.74) is 5.42.